The van der Waals surface area contributed by atoms with Crippen molar-refractivity contribution >= 4 is 11.7 Å². The van der Waals surface area contributed by atoms with Gasteiger partial charge in [-0.25, -0.2) is 4.98 Å². The standard InChI is InChI=1S/C23H25N5O2/c1-29-18-11-17(12-19(13-18)30-2)15-26-22-20-9-6-10-25-21(20)27-23(24,28-22)14-16-7-4-3-5-8-16/h3-13H,14-15,24H2,1-2H3,(H,25,27)(H,26,28). The maximum absolute atomic E-state index is 6.67. The molecule has 1 aliphatic heterocycles. The molecule has 0 saturated heterocycles. The fourth-order valence-corrected chi connectivity index (χ4v) is 3.48. The first-order chi connectivity index (χ1) is 14.6. The molecule has 4 rings (SSSR count). The number of nitrogens with one attached hydrogen (secondary N) is 2. The van der Waals surface area contributed by atoms with E-state index in [4.69, 9.17) is 20.2 Å². The van der Waals surface area contributed by atoms with Gasteiger partial charge < -0.3 is 20.1 Å². The van der Waals surface area contributed by atoms with Gasteiger partial charge in [0, 0.05) is 18.7 Å². The number of anilines is 1. The fraction of sp³-hybridized carbons (Fsp3) is 0.217. The molecule has 0 radical (unpaired) electrons. The monoisotopic (exact) mass is 403 g/mol. The minimum absolute atomic E-state index is 0.436. The maximum atomic E-state index is 6.67. The zero-order valence-corrected chi connectivity index (χ0v) is 17.1. The molecular weight excluding hydrogens is 378 g/mol. The lowest BCUT2D eigenvalue weighted by molar-refractivity contribution is 0.393. The quantitative estimate of drug-likeness (QED) is 0.586. The third kappa shape index (κ3) is 4.36. The molecule has 4 N–H and O–H groups in total. The predicted molar refractivity (Wildman–Crippen MR) is 118 cm³/mol. The smallest absolute Gasteiger partial charge is 0.168 e. The number of hydrogen-bond donors (Lipinski definition) is 3. The summed E-state index contributed by atoms with van der Waals surface area (Å²) >= 11 is 0. The zero-order chi connectivity index (χ0) is 21.0. The number of methoxy groups -OCH3 is 2. The molecule has 7 heteroatoms. The van der Waals surface area contributed by atoms with E-state index in [1.807, 2.05) is 60.7 Å². The molecule has 30 heavy (non-hydrogen) atoms. The van der Waals surface area contributed by atoms with Crippen LogP contribution >= 0.6 is 0 Å². The van der Waals surface area contributed by atoms with E-state index in [1.165, 1.54) is 0 Å². The van der Waals surface area contributed by atoms with E-state index in [0.29, 0.717) is 24.6 Å². The number of pyridine rings is 1. The van der Waals surface area contributed by atoms with Crippen LogP contribution in [-0.2, 0) is 13.0 Å². The Kier molecular flexibility index (Phi) is 5.54. The van der Waals surface area contributed by atoms with Gasteiger partial charge in [0.1, 0.15) is 23.2 Å². The summed E-state index contributed by atoms with van der Waals surface area (Å²) in [5.74, 6) is 1.94. The Morgan fingerprint density at radius 2 is 1.67 bits per heavy atom. The van der Waals surface area contributed by atoms with Gasteiger partial charge in [-0.05, 0) is 35.4 Å². The summed E-state index contributed by atoms with van der Waals surface area (Å²) < 4.78 is 10.7. The van der Waals surface area contributed by atoms with Crippen LogP contribution in [-0.4, -0.2) is 30.8 Å². The fourth-order valence-electron chi connectivity index (χ4n) is 3.48. The average molecular weight is 403 g/mol. The van der Waals surface area contributed by atoms with E-state index in [9.17, 15) is 0 Å². The van der Waals surface area contributed by atoms with E-state index in [2.05, 4.69) is 15.6 Å². The number of amidine groups is 1. The van der Waals surface area contributed by atoms with Crippen LogP contribution in [0.15, 0.2) is 71.9 Å². The van der Waals surface area contributed by atoms with E-state index < -0.39 is 5.79 Å². The second kappa shape index (κ2) is 8.42. The minimum Gasteiger partial charge on any atom is -0.497 e. The molecule has 1 aliphatic rings. The molecule has 3 aromatic rings. The van der Waals surface area contributed by atoms with Gasteiger partial charge in [-0.3, -0.25) is 10.7 Å². The number of rotatable bonds is 6. The summed E-state index contributed by atoms with van der Waals surface area (Å²) in [5.41, 5.74) is 9.63. The summed E-state index contributed by atoms with van der Waals surface area (Å²) in [4.78, 5) is 9.28. The number of hydrogen-bond acceptors (Lipinski definition) is 6. The van der Waals surface area contributed by atoms with Gasteiger partial charge in [-0.15, -0.1) is 0 Å². The molecule has 2 heterocycles. The topological polar surface area (TPSA) is 93.8 Å². The van der Waals surface area contributed by atoms with Gasteiger partial charge in [-0.1, -0.05) is 30.3 Å². The Bertz CT molecular complexity index is 1030. The van der Waals surface area contributed by atoms with Gasteiger partial charge in [-0.2, -0.15) is 0 Å². The van der Waals surface area contributed by atoms with Crippen LogP contribution in [0.3, 0.4) is 0 Å². The normalized spacial score (nSPS) is 18.8. The minimum atomic E-state index is -0.909. The molecule has 154 valence electrons. The van der Waals surface area contributed by atoms with Gasteiger partial charge in [0.2, 0.25) is 0 Å². The summed E-state index contributed by atoms with van der Waals surface area (Å²) in [6.07, 6.45) is 2.31. The molecule has 0 spiro atoms. The van der Waals surface area contributed by atoms with E-state index in [1.54, 1.807) is 20.4 Å². The van der Waals surface area contributed by atoms with Gasteiger partial charge in [0.15, 0.2) is 5.79 Å². The van der Waals surface area contributed by atoms with Gasteiger partial charge in [0.25, 0.3) is 0 Å². The van der Waals surface area contributed by atoms with Crippen molar-refractivity contribution < 1.29 is 9.47 Å². The van der Waals surface area contributed by atoms with Gasteiger partial charge in [0.05, 0.1) is 26.3 Å². The molecule has 0 amide bonds. The lowest BCUT2D eigenvalue weighted by Gasteiger charge is -2.38. The molecule has 1 aromatic heterocycles. The SMILES string of the molecule is COc1cc(CN=C2NC(N)(Cc3ccccc3)Nc3ncccc32)cc(OC)c1. The molecule has 1 atom stereocenters. The Morgan fingerprint density at radius 3 is 2.37 bits per heavy atom. The Balaban J connectivity index is 1.64. The van der Waals surface area contributed by atoms with Crippen LogP contribution in [0.25, 0.3) is 0 Å². The second-order valence-electron chi connectivity index (χ2n) is 7.17. The summed E-state index contributed by atoms with van der Waals surface area (Å²) in [6, 6.07) is 19.6. The highest BCUT2D eigenvalue weighted by atomic mass is 16.5. The van der Waals surface area contributed by atoms with Crippen LogP contribution < -0.4 is 25.8 Å². The molecule has 0 fully saturated rings. The van der Waals surface area contributed by atoms with Crippen molar-refractivity contribution in [3.63, 3.8) is 0 Å². The maximum Gasteiger partial charge on any atom is 0.168 e. The largest absolute Gasteiger partial charge is 0.497 e. The summed E-state index contributed by atoms with van der Waals surface area (Å²) in [5, 5.41) is 6.70. The number of ether oxygens (including phenoxy) is 2. The van der Waals surface area contributed by atoms with Crippen molar-refractivity contribution in [3.8, 4) is 11.5 Å². The number of benzene rings is 2. The Labute approximate surface area is 176 Å². The van der Waals surface area contributed by atoms with Crippen molar-refractivity contribution in [3.05, 3.63) is 83.6 Å². The molecule has 2 aromatic carbocycles. The first-order valence-electron chi connectivity index (χ1n) is 9.69. The van der Waals surface area contributed by atoms with E-state index in [-0.39, 0.29) is 0 Å². The second-order valence-corrected chi connectivity index (χ2v) is 7.17. The van der Waals surface area contributed by atoms with Crippen molar-refractivity contribution in [1.82, 2.24) is 10.3 Å². The van der Waals surface area contributed by atoms with Gasteiger partial charge >= 0.3 is 0 Å². The van der Waals surface area contributed by atoms with Crippen LogP contribution in [0.4, 0.5) is 5.82 Å². The highest BCUT2D eigenvalue weighted by Crippen LogP contribution is 2.25. The number of nitrogens with two attached hydrogens (primary N) is 1. The Hall–Kier alpha value is -3.58. The third-order valence-corrected chi connectivity index (χ3v) is 4.90. The molecule has 1 unspecified atom stereocenters. The van der Waals surface area contributed by atoms with E-state index in [0.717, 1.165) is 28.2 Å². The first kappa shape index (κ1) is 19.7. The predicted octanol–water partition coefficient (Wildman–Crippen LogP) is 2.92. The van der Waals surface area contributed by atoms with Crippen LogP contribution in [0.5, 0.6) is 11.5 Å². The molecule has 0 aliphatic carbocycles. The zero-order valence-electron chi connectivity index (χ0n) is 17.1. The van der Waals surface area contributed by atoms with E-state index >= 15 is 0 Å². The number of fused-ring (bicyclic) bond motifs is 1. The molecular formula is C23H25N5O2. The lowest BCUT2D eigenvalue weighted by Crippen LogP contribution is -2.65. The number of nitrogens with zero attached hydrogens (tertiary/aromatic N) is 2. The highest BCUT2D eigenvalue weighted by Gasteiger charge is 2.33. The lowest BCUT2D eigenvalue weighted by atomic mass is 10.0. The Morgan fingerprint density at radius 1 is 0.933 bits per heavy atom. The molecule has 0 bridgehead atoms. The highest BCUT2D eigenvalue weighted by molar-refractivity contribution is 6.05. The van der Waals surface area contributed by atoms with Crippen molar-refractivity contribution in [2.75, 3.05) is 19.5 Å². The van der Waals surface area contributed by atoms with Crippen LogP contribution in [0.1, 0.15) is 16.7 Å². The number of aromatic nitrogens is 1. The third-order valence-electron chi connectivity index (χ3n) is 4.90. The van der Waals surface area contributed by atoms with Crippen molar-refractivity contribution in [1.29, 1.82) is 0 Å². The number of aliphatic imine (C=N–C) groups is 1. The van der Waals surface area contributed by atoms with Crippen molar-refractivity contribution in [2.45, 2.75) is 18.8 Å². The van der Waals surface area contributed by atoms with Crippen LogP contribution in [0.2, 0.25) is 0 Å². The summed E-state index contributed by atoms with van der Waals surface area (Å²) in [6.45, 7) is 0.436. The van der Waals surface area contributed by atoms with Crippen molar-refractivity contribution in [2.24, 2.45) is 10.7 Å². The van der Waals surface area contributed by atoms with Crippen LogP contribution in [0, 0.1) is 0 Å². The molecule has 7 nitrogen and oxygen atoms in total. The summed E-state index contributed by atoms with van der Waals surface area (Å²) in [7, 11) is 3.26. The average Bonchev–Trinajstić information content (AvgIpc) is 2.77. The molecule has 0 saturated carbocycles. The first-order valence-corrected chi connectivity index (χ1v) is 9.69.